The summed E-state index contributed by atoms with van der Waals surface area (Å²) >= 11 is 5.88. The third kappa shape index (κ3) is 3.94. The Labute approximate surface area is 126 Å². The molecular formula is C16H24ClFN2. The molecule has 0 spiro atoms. The van der Waals surface area contributed by atoms with Gasteiger partial charge in [0.05, 0.1) is 0 Å². The highest BCUT2D eigenvalue weighted by Crippen LogP contribution is 2.31. The van der Waals surface area contributed by atoms with Crippen molar-refractivity contribution < 1.29 is 4.39 Å². The number of benzene rings is 1. The van der Waals surface area contributed by atoms with E-state index in [0.717, 1.165) is 12.1 Å². The summed E-state index contributed by atoms with van der Waals surface area (Å²) in [5.41, 5.74) is 1.15. The molecule has 1 aliphatic carbocycles. The summed E-state index contributed by atoms with van der Waals surface area (Å²) in [5.74, 6) is -0.269. The van der Waals surface area contributed by atoms with Crippen LogP contribution in [0.15, 0.2) is 18.2 Å². The lowest BCUT2D eigenvalue weighted by atomic mass is 9.80. The van der Waals surface area contributed by atoms with Crippen LogP contribution in [0.25, 0.3) is 0 Å². The van der Waals surface area contributed by atoms with Gasteiger partial charge >= 0.3 is 0 Å². The molecule has 2 nitrogen and oxygen atoms in total. The first-order chi connectivity index (χ1) is 9.52. The van der Waals surface area contributed by atoms with Crippen molar-refractivity contribution in [2.45, 2.75) is 44.2 Å². The lowest BCUT2D eigenvalue weighted by Gasteiger charge is -2.43. The summed E-state index contributed by atoms with van der Waals surface area (Å²) in [4.78, 5) is 2.34. The zero-order valence-electron chi connectivity index (χ0n) is 12.4. The van der Waals surface area contributed by atoms with Crippen molar-refractivity contribution in [1.82, 2.24) is 10.2 Å². The van der Waals surface area contributed by atoms with Gasteiger partial charge in [-0.3, -0.25) is 0 Å². The van der Waals surface area contributed by atoms with Crippen LogP contribution in [-0.4, -0.2) is 31.1 Å². The smallest absolute Gasteiger partial charge is 0.125 e. The molecule has 0 heterocycles. The Morgan fingerprint density at radius 2 is 1.90 bits per heavy atom. The van der Waals surface area contributed by atoms with E-state index in [0.29, 0.717) is 11.6 Å². The van der Waals surface area contributed by atoms with E-state index in [1.54, 1.807) is 6.07 Å². The molecule has 0 saturated heterocycles. The summed E-state index contributed by atoms with van der Waals surface area (Å²) in [6.07, 6.45) is 6.40. The van der Waals surface area contributed by atoms with Gasteiger partial charge in [0.1, 0.15) is 5.82 Å². The molecule has 4 heteroatoms. The van der Waals surface area contributed by atoms with Crippen molar-refractivity contribution in [3.05, 3.63) is 34.6 Å². The maximum Gasteiger partial charge on any atom is 0.125 e. The molecule has 2 rings (SSSR count). The Bertz CT molecular complexity index is 422. The van der Waals surface area contributed by atoms with Gasteiger partial charge in [-0.25, -0.2) is 4.39 Å². The molecule has 0 aromatic heterocycles. The highest BCUT2D eigenvalue weighted by atomic mass is 35.5. The van der Waals surface area contributed by atoms with Crippen molar-refractivity contribution in [2.24, 2.45) is 0 Å². The van der Waals surface area contributed by atoms with E-state index < -0.39 is 0 Å². The van der Waals surface area contributed by atoms with Crippen LogP contribution in [0.3, 0.4) is 0 Å². The molecule has 0 bridgehead atoms. The van der Waals surface area contributed by atoms with Gasteiger partial charge in [0.25, 0.3) is 0 Å². The van der Waals surface area contributed by atoms with Crippen LogP contribution >= 0.6 is 11.6 Å². The molecule has 0 unspecified atom stereocenters. The minimum absolute atomic E-state index is 0.245. The molecule has 0 atom stereocenters. The summed E-state index contributed by atoms with van der Waals surface area (Å²) in [7, 11) is 4.32. The summed E-state index contributed by atoms with van der Waals surface area (Å²) in [6, 6.07) is 4.70. The van der Waals surface area contributed by atoms with Crippen molar-refractivity contribution >= 4 is 11.6 Å². The standard InChI is InChI=1S/C16H24ClFN2/c1-20(2)16(6-4-3-5-7-16)12-19-11-13-8-14(17)10-15(18)9-13/h8-10,19H,3-7,11-12H2,1-2H3. The number of nitrogens with one attached hydrogen (secondary N) is 1. The topological polar surface area (TPSA) is 15.3 Å². The monoisotopic (exact) mass is 298 g/mol. The van der Waals surface area contributed by atoms with E-state index in [2.05, 4.69) is 24.3 Å². The van der Waals surface area contributed by atoms with E-state index in [1.807, 2.05) is 6.07 Å². The van der Waals surface area contributed by atoms with E-state index in [-0.39, 0.29) is 11.4 Å². The molecular weight excluding hydrogens is 275 g/mol. The molecule has 0 amide bonds. The highest BCUT2D eigenvalue weighted by Gasteiger charge is 2.33. The second kappa shape index (κ2) is 6.88. The minimum Gasteiger partial charge on any atom is -0.311 e. The van der Waals surface area contributed by atoms with Crippen LogP contribution < -0.4 is 5.32 Å². The van der Waals surface area contributed by atoms with Gasteiger partial charge in [-0.05, 0) is 50.7 Å². The molecule has 1 N–H and O–H groups in total. The average molecular weight is 299 g/mol. The number of hydrogen-bond donors (Lipinski definition) is 1. The third-order valence-corrected chi connectivity index (χ3v) is 4.66. The van der Waals surface area contributed by atoms with Gasteiger partial charge in [0.15, 0.2) is 0 Å². The first-order valence-electron chi connectivity index (χ1n) is 7.35. The second-order valence-electron chi connectivity index (χ2n) is 6.06. The zero-order valence-corrected chi connectivity index (χ0v) is 13.1. The molecule has 0 aliphatic heterocycles. The Kier molecular flexibility index (Phi) is 5.42. The molecule has 1 aromatic carbocycles. The highest BCUT2D eigenvalue weighted by molar-refractivity contribution is 6.30. The van der Waals surface area contributed by atoms with Gasteiger partial charge in [0, 0.05) is 23.7 Å². The lowest BCUT2D eigenvalue weighted by molar-refractivity contribution is 0.0984. The van der Waals surface area contributed by atoms with Crippen molar-refractivity contribution in [3.63, 3.8) is 0 Å². The first kappa shape index (κ1) is 15.7. The second-order valence-corrected chi connectivity index (χ2v) is 6.50. The Balaban J connectivity index is 1.93. The maximum atomic E-state index is 13.3. The van der Waals surface area contributed by atoms with E-state index in [1.165, 1.54) is 38.2 Å². The lowest BCUT2D eigenvalue weighted by Crippen LogP contribution is -2.52. The minimum atomic E-state index is -0.269. The molecule has 1 aliphatic rings. The largest absolute Gasteiger partial charge is 0.311 e. The predicted molar refractivity (Wildman–Crippen MR) is 82.6 cm³/mol. The summed E-state index contributed by atoms with van der Waals surface area (Å²) in [6.45, 7) is 1.60. The summed E-state index contributed by atoms with van der Waals surface area (Å²) in [5, 5.41) is 3.94. The molecule has 112 valence electrons. The molecule has 1 aromatic rings. The quantitative estimate of drug-likeness (QED) is 0.889. The normalized spacial score (nSPS) is 18.4. The molecule has 1 fully saturated rings. The molecule has 20 heavy (non-hydrogen) atoms. The van der Waals surface area contributed by atoms with Crippen LogP contribution in [0.4, 0.5) is 4.39 Å². The van der Waals surface area contributed by atoms with E-state index >= 15 is 0 Å². The van der Waals surface area contributed by atoms with Gasteiger partial charge in [-0.2, -0.15) is 0 Å². The number of rotatable bonds is 5. The number of hydrogen-bond acceptors (Lipinski definition) is 2. The van der Waals surface area contributed by atoms with E-state index in [9.17, 15) is 4.39 Å². The van der Waals surface area contributed by atoms with Crippen LogP contribution in [0.1, 0.15) is 37.7 Å². The van der Waals surface area contributed by atoms with Crippen LogP contribution in [-0.2, 0) is 6.54 Å². The van der Waals surface area contributed by atoms with Gasteiger partial charge < -0.3 is 10.2 Å². The molecule has 1 saturated carbocycles. The van der Waals surface area contributed by atoms with Crippen LogP contribution in [0, 0.1) is 5.82 Å². The maximum absolute atomic E-state index is 13.3. The molecule has 0 radical (unpaired) electrons. The predicted octanol–water partition coefficient (Wildman–Crippen LogP) is 3.83. The Morgan fingerprint density at radius 1 is 1.20 bits per heavy atom. The number of nitrogens with zero attached hydrogens (tertiary/aromatic N) is 1. The van der Waals surface area contributed by atoms with Crippen LogP contribution in [0.5, 0.6) is 0 Å². The fourth-order valence-corrected chi connectivity index (χ4v) is 3.39. The van der Waals surface area contributed by atoms with Gasteiger partial charge in [-0.1, -0.05) is 30.9 Å². The fraction of sp³-hybridized carbons (Fsp3) is 0.625. The Morgan fingerprint density at radius 3 is 2.50 bits per heavy atom. The van der Waals surface area contributed by atoms with Crippen molar-refractivity contribution in [1.29, 1.82) is 0 Å². The first-order valence-corrected chi connectivity index (χ1v) is 7.73. The summed E-state index contributed by atoms with van der Waals surface area (Å²) < 4.78 is 13.3. The van der Waals surface area contributed by atoms with E-state index in [4.69, 9.17) is 11.6 Å². The SMILES string of the molecule is CN(C)C1(CNCc2cc(F)cc(Cl)c2)CCCCC1. The fourth-order valence-electron chi connectivity index (χ4n) is 3.14. The average Bonchev–Trinajstić information content (AvgIpc) is 2.38. The van der Waals surface area contributed by atoms with Gasteiger partial charge in [-0.15, -0.1) is 0 Å². The van der Waals surface area contributed by atoms with Crippen molar-refractivity contribution in [3.8, 4) is 0 Å². The Hall–Kier alpha value is -0.640. The number of likely N-dealkylation sites (N-methyl/N-ethyl adjacent to an activating group) is 1. The van der Waals surface area contributed by atoms with Gasteiger partial charge in [0.2, 0.25) is 0 Å². The van der Waals surface area contributed by atoms with Crippen molar-refractivity contribution in [2.75, 3.05) is 20.6 Å². The zero-order chi connectivity index (χ0) is 14.6. The number of halogens is 2. The van der Waals surface area contributed by atoms with Crippen LogP contribution in [0.2, 0.25) is 5.02 Å². The third-order valence-electron chi connectivity index (χ3n) is 4.44.